The Morgan fingerprint density at radius 3 is 2.32 bits per heavy atom. The zero-order valence-corrected chi connectivity index (χ0v) is 15.7. The molecule has 2 aromatic rings. The summed E-state index contributed by atoms with van der Waals surface area (Å²) in [7, 11) is 0. The van der Waals surface area contributed by atoms with E-state index in [1.165, 1.54) is 0 Å². The molecule has 1 saturated carbocycles. The first-order valence-electron chi connectivity index (χ1n) is 9.61. The van der Waals surface area contributed by atoms with E-state index in [9.17, 15) is 14.7 Å². The Balaban J connectivity index is 1.62. The van der Waals surface area contributed by atoms with Gasteiger partial charge in [0.05, 0.1) is 18.8 Å². The number of rotatable bonds is 6. The molecule has 0 aliphatic heterocycles. The van der Waals surface area contributed by atoms with Gasteiger partial charge in [-0.3, -0.25) is 9.59 Å². The Labute approximate surface area is 164 Å². The van der Waals surface area contributed by atoms with Crippen LogP contribution in [0.15, 0.2) is 54.6 Å². The van der Waals surface area contributed by atoms with Crippen LogP contribution in [0.5, 0.6) is 0 Å². The molecular formula is C22H26N2O4. The molecule has 2 aromatic carbocycles. The number of carbonyl (C=O) groups is 2. The van der Waals surface area contributed by atoms with Crippen LogP contribution in [-0.2, 0) is 4.79 Å². The third kappa shape index (κ3) is 4.97. The van der Waals surface area contributed by atoms with Crippen molar-refractivity contribution in [3.05, 3.63) is 60.2 Å². The van der Waals surface area contributed by atoms with E-state index in [4.69, 9.17) is 5.11 Å². The molecule has 3 atom stereocenters. The molecular weight excluding hydrogens is 356 g/mol. The van der Waals surface area contributed by atoms with Gasteiger partial charge in [-0.15, -0.1) is 0 Å². The van der Waals surface area contributed by atoms with Crippen molar-refractivity contribution < 1.29 is 19.8 Å². The first-order chi connectivity index (χ1) is 13.6. The van der Waals surface area contributed by atoms with Crippen LogP contribution in [-0.4, -0.2) is 47.3 Å². The van der Waals surface area contributed by atoms with Gasteiger partial charge in [-0.25, -0.2) is 0 Å². The fourth-order valence-corrected chi connectivity index (χ4v) is 3.57. The van der Waals surface area contributed by atoms with E-state index in [-0.39, 0.29) is 30.9 Å². The molecule has 28 heavy (non-hydrogen) atoms. The van der Waals surface area contributed by atoms with Gasteiger partial charge in [-0.05, 0) is 42.5 Å². The maximum Gasteiger partial charge on any atom is 0.251 e. The summed E-state index contributed by atoms with van der Waals surface area (Å²) >= 11 is 0. The summed E-state index contributed by atoms with van der Waals surface area (Å²) in [5.41, 5.74) is 2.61. The van der Waals surface area contributed by atoms with Gasteiger partial charge >= 0.3 is 0 Å². The second kappa shape index (κ2) is 9.48. The monoisotopic (exact) mass is 382 g/mol. The first-order valence-corrected chi connectivity index (χ1v) is 9.61. The molecule has 4 N–H and O–H groups in total. The number of aliphatic hydroxyl groups is 2. The van der Waals surface area contributed by atoms with E-state index in [1.807, 2.05) is 42.5 Å². The van der Waals surface area contributed by atoms with Crippen LogP contribution in [0.3, 0.4) is 0 Å². The molecule has 148 valence electrons. The molecule has 1 fully saturated rings. The third-order valence-electron chi connectivity index (χ3n) is 5.17. The van der Waals surface area contributed by atoms with Gasteiger partial charge in [0.2, 0.25) is 5.91 Å². The van der Waals surface area contributed by atoms with Crippen molar-refractivity contribution >= 4 is 11.8 Å². The zero-order valence-electron chi connectivity index (χ0n) is 15.7. The summed E-state index contributed by atoms with van der Waals surface area (Å²) in [6, 6.07) is 16.8. The van der Waals surface area contributed by atoms with Gasteiger partial charge in [-0.1, -0.05) is 42.5 Å². The fourth-order valence-electron chi connectivity index (χ4n) is 3.57. The minimum atomic E-state index is -0.672. The average Bonchev–Trinajstić information content (AvgIpc) is 2.74. The number of carbonyl (C=O) groups excluding carboxylic acids is 2. The minimum Gasteiger partial charge on any atom is -0.395 e. The van der Waals surface area contributed by atoms with Crippen molar-refractivity contribution in [2.24, 2.45) is 5.92 Å². The molecule has 6 heteroatoms. The summed E-state index contributed by atoms with van der Waals surface area (Å²) in [6.07, 6.45) is 0.729. The van der Waals surface area contributed by atoms with Crippen LogP contribution in [0.2, 0.25) is 0 Å². The molecule has 6 nitrogen and oxygen atoms in total. The molecule has 2 amide bonds. The lowest BCUT2D eigenvalue weighted by atomic mass is 9.83. The predicted octanol–water partition coefficient (Wildman–Crippen LogP) is 1.72. The van der Waals surface area contributed by atoms with Crippen LogP contribution in [0, 0.1) is 5.92 Å². The molecule has 1 aliphatic carbocycles. The van der Waals surface area contributed by atoms with Crippen LogP contribution in [0.1, 0.15) is 29.6 Å². The Bertz CT molecular complexity index is 792. The molecule has 0 heterocycles. The Morgan fingerprint density at radius 2 is 1.64 bits per heavy atom. The fraction of sp³-hybridized carbons (Fsp3) is 0.364. The number of hydrogen-bond acceptors (Lipinski definition) is 4. The third-order valence-corrected chi connectivity index (χ3v) is 5.17. The van der Waals surface area contributed by atoms with Crippen LogP contribution in [0.4, 0.5) is 0 Å². The van der Waals surface area contributed by atoms with Gasteiger partial charge in [0.15, 0.2) is 0 Å². The largest absolute Gasteiger partial charge is 0.395 e. The highest BCUT2D eigenvalue weighted by Crippen LogP contribution is 2.25. The Kier molecular flexibility index (Phi) is 6.79. The molecule has 3 rings (SSSR count). The standard InChI is InChI=1S/C22H26N2O4/c25-13-12-23-21(27)18-10-11-20(26)19(14-18)24-22(28)17-8-6-16(7-9-17)15-4-2-1-3-5-15/h1-9,18-20,25-26H,10-14H2,(H,23,27)(H,24,28)/t18-,19+,20+/m0/s1. The Hall–Kier alpha value is -2.70. The van der Waals surface area contributed by atoms with Gasteiger partial charge in [0, 0.05) is 18.0 Å². The maximum absolute atomic E-state index is 12.6. The number of aliphatic hydroxyl groups excluding tert-OH is 2. The molecule has 0 spiro atoms. The SMILES string of the molecule is O=C(N[C@@H]1C[C@@H](C(=O)NCCO)CC[C@H]1O)c1ccc(-c2ccccc2)cc1. The lowest BCUT2D eigenvalue weighted by Crippen LogP contribution is -2.49. The van der Waals surface area contributed by atoms with E-state index in [2.05, 4.69) is 10.6 Å². The Morgan fingerprint density at radius 1 is 0.964 bits per heavy atom. The molecule has 0 radical (unpaired) electrons. The number of benzene rings is 2. The van der Waals surface area contributed by atoms with E-state index in [0.29, 0.717) is 24.8 Å². The maximum atomic E-state index is 12.6. The smallest absolute Gasteiger partial charge is 0.251 e. The first kappa shape index (κ1) is 20.0. The van der Waals surface area contributed by atoms with E-state index >= 15 is 0 Å². The second-order valence-electron chi connectivity index (χ2n) is 7.12. The molecule has 0 saturated heterocycles. The summed E-state index contributed by atoms with van der Waals surface area (Å²) < 4.78 is 0. The van der Waals surface area contributed by atoms with Gasteiger partial charge in [0.1, 0.15) is 0 Å². The van der Waals surface area contributed by atoms with Gasteiger partial charge in [0.25, 0.3) is 5.91 Å². The average molecular weight is 382 g/mol. The van der Waals surface area contributed by atoms with Crippen LogP contribution in [0.25, 0.3) is 11.1 Å². The van der Waals surface area contributed by atoms with Crippen molar-refractivity contribution in [1.82, 2.24) is 10.6 Å². The second-order valence-corrected chi connectivity index (χ2v) is 7.12. The number of nitrogens with one attached hydrogen (secondary N) is 2. The molecule has 0 bridgehead atoms. The normalized spacial score (nSPS) is 21.7. The summed E-state index contributed by atoms with van der Waals surface area (Å²) in [5.74, 6) is -0.687. The van der Waals surface area contributed by atoms with Crippen LogP contribution < -0.4 is 10.6 Å². The van der Waals surface area contributed by atoms with Crippen molar-refractivity contribution in [2.45, 2.75) is 31.4 Å². The zero-order chi connectivity index (χ0) is 19.9. The van der Waals surface area contributed by atoms with Gasteiger partial charge < -0.3 is 20.8 Å². The minimum absolute atomic E-state index is 0.111. The highest BCUT2D eigenvalue weighted by Gasteiger charge is 2.33. The summed E-state index contributed by atoms with van der Waals surface area (Å²) in [4.78, 5) is 24.7. The topological polar surface area (TPSA) is 98.7 Å². The van der Waals surface area contributed by atoms with Crippen molar-refractivity contribution in [3.63, 3.8) is 0 Å². The van der Waals surface area contributed by atoms with E-state index in [1.54, 1.807) is 12.1 Å². The molecule has 0 aromatic heterocycles. The lowest BCUT2D eigenvalue weighted by Gasteiger charge is -2.33. The van der Waals surface area contributed by atoms with E-state index in [0.717, 1.165) is 11.1 Å². The summed E-state index contributed by atoms with van der Waals surface area (Å²) in [6.45, 7) is 0.100. The van der Waals surface area contributed by atoms with Gasteiger partial charge in [-0.2, -0.15) is 0 Å². The molecule has 0 unspecified atom stereocenters. The van der Waals surface area contributed by atoms with Crippen molar-refractivity contribution in [1.29, 1.82) is 0 Å². The van der Waals surface area contributed by atoms with Crippen LogP contribution >= 0.6 is 0 Å². The highest BCUT2D eigenvalue weighted by molar-refractivity contribution is 5.95. The van der Waals surface area contributed by atoms with E-state index < -0.39 is 12.1 Å². The van der Waals surface area contributed by atoms with Crippen molar-refractivity contribution in [3.8, 4) is 11.1 Å². The number of amides is 2. The highest BCUT2D eigenvalue weighted by atomic mass is 16.3. The van der Waals surface area contributed by atoms with Crippen molar-refractivity contribution in [2.75, 3.05) is 13.2 Å². The predicted molar refractivity (Wildman–Crippen MR) is 107 cm³/mol. The quantitative estimate of drug-likeness (QED) is 0.611. The number of hydrogen-bond donors (Lipinski definition) is 4. The molecule has 1 aliphatic rings. The lowest BCUT2D eigenvalue weighted by molar-refractivity contribution is -0.127. The summed E-state index contributed by atoms with van der Waals surface area (Å²) in [5, 5.41) is 24.6.